The molecule has 0 aliphatic carbocycles. The molecular formula is C18H17N5O3S2. The van der Waals surface area contributed by atoms with Crippen molar-refractivity contribution in [3.63, 3.8) is 0 Å². The van der Waals surface area contributed by atoms with Crippen LogP contribution in [0, 0.1) is 0 Å². The molecule has 4 aromatic rings. The summed E-state index contributed by atoms with van der Waals surface area (Å²) >= 11 is 1.51. The maximum atomic E-state index is 11.3. The lowest BCUT2D eigenvalue weighted by Gasteiger charge is -2.08. The number of nitrogens with zero attached hydrogens (tertiary/aromatic N) is 3. The average Bonchev–Trinajstić information content (AvgIpc) is 3.32. The van der Waals surface area contributed by atoms with Crippen LogP contribution in [0.4, 0.5) is 5.82 Å². The molecule has 1 aromatic carbocycles. The van der Waals surface area contributed by atoms with Gasteiger partial charge in [-0.05, 0) is 29.8 Å². The van der Waals surface area contributed by atoms with E-state index in [0.29, 0.717) is 18.0 Å². The standard InChI is InChI=1S/C18H17N5O3S2/c19-28(25,26)14-4-1-12(2-5-14)9-21-17-18-22-10-15(23(18)8-7-20-17)16-6-3-13(11-24)27-16/h1-8,10,24H,9,11H2,(H,20,21)(H2,19,25,26). The highest BCUT2D eigenvalue weighted by Crippen LogP contribution is 2.30. The predicted octanol–water partition coefficient (Wildman–Crippen LogP) is 2.21. The molecule has 144 valence electrons. The Bertz CT molecular complexity index is 1230. The Morgan fingerprint density at radius 2 is 1.93 bits per heavy atom. The molecule has 0 bridgehead atoms. The van der Waals surface area contributed by atoms with Crippen molar-refractivity contribution >= 4 is 32.8 Å². The zero-order chi connectivity index (χ0) is 19.7. The van der Waals surface area contributed by atoms with Crippen molar-refractivity contribution in [1.29, 1.82) is 0 Å². The molecule has 0 unspecified atom stereocenters. The van der Waals surface area contributed by atoms with E-state index in [4.69, 9.17) is 5.14 Å². The molecule has 0 fully saturated rings. The molecule has 0 aliphatic heterocycles. The number of sulfonamides is 1. The van der Waals surface area contributed by atoms with E-state index in [0.717, 1.165) is 21.0 Å². The van der Waals surface area contributed by atoms with Gasteiger partial charge in [-0.3, -0.25) is 4.40 Å². The third-order valence-electron chi connectivity index (χ3n) is 4.21. The second-order valence-corrected chi connectivity index (χ2v) is 8.81. The van der Waals surface area contributed by atoms with Crippen molar-refractivity contribution in [2.75, 3.05) is 5.32 Å². The van der Waals surface area contributed by atoms with Gasteiger partial charge in [0.1, 0.15) is 0 Å². The van der Waals surface area contributed by atoms with E-state index in [9.17, 15) is 13.5 Å². The molecule has 0 amide bonds. The highest BCUT2D eigenvalue weighted by atomic mass is 32.2. The van der Waals surface area contributed by atoms with E-state index in [-0.39, 0.29) is 11.5 Å². The van der Waals surface area contributed by atoms with Gasteiger partial charge in [-0.1, -0.05) is 12.1 Å². The van der Waals surface area contributed by atoms with Crippen LogP contribution in [-0.4, -0.2) is 27.9 Å². The van der Waals surface area contributed by atoms with E-state index in [2.05, 4.69) is 15.3 Å². The number of nitrogens with one attached hydrogen (secondary N) is 1. The molecule has 10 heteroatoms. The van der Waals surface area contributed by atoms with Crippen molar-refractivity contribution in [2.45, 2.75) is 18.0 Å². The maximum absolute atomic E-state index is 11.3. The summed E-state index contributed by atoms with van der Waals surface area (Å²) in [5.41, 5.74) is 2.48. The molecule has 0 radical (unpaired) electrons. The van der Waals surface area contributed by atoms with Gasteiger partial charge in [0.05, 0.1) is 28.3 Å². The quantitative estimate of drug-likeness (QED) is 0.444. The summed E-state index contributed by atoms with van der Waals surface area (Å²) in [4.78, 5) is 10.8. The Hall–Kier alpha value is -2.79. The van der Waals surface area contributed by atoms with Crippen LogP contribution < -0.4 is 10.5 Å². The molecular weight excluding hydrogens is 398 g/mol. The molecule has 4 N–H and O–H groups in total. The SMILES string of the molecule is NS(=O)(=O)c1ccc(CNc2nccn3c(-c4ccc(CO)s4)cnc23)cc1. The van der Waals surface area contributed by atoms with E-state index in [1.807, 2.05) is 22.7 Å². The average molecular weight is 416 g/mol. The zero-order valence-corrected chi connectivity index (χ0v) is 16.2. The maximum Gasteiger partial charge on any atom is 0.238 e. The lowest BCUT2D eigenvalue weighted by atomic mass is 10.2. The first-order valence-corrected chi connectivity index (χ1v) is 10.7. The van der Waals surface area contributed by atoms with Crippen LogP contribution in [0.5, 0.6) is 0 Å². The Morgan fingerprint density at radius 3 is 2.61 bits per heavy atom. The summed E-state index contributed by atoms with van der Waals surface area (Å²) in [5.74, 6) is 0.614. The van der Waals surface area contributed by atoms with E-state index < -0.39 is 10.0 Å². The summed E-state index contributed by atoms with van der Waals surface area (Å²) in [6.07, 6.45) is 5.29. The zero-order valence-electron chi connectivity index (χ0n) is 14.6. The largest absolute Gasteiger partial charge is 0.391 e. The number of hydrogen-bond acceptors (Lipinski definition) is 7. The summed E-state index contributed by atoms with van der Waals surface area (Å²) in [7, 11) is -3.70. The summed E-state index contributed by atoms with van der Waals surface area (Å²) in [5, 5.41) is 17.6. The van der Waals surface area contributed by atoms with Gasteiger partial charge in [0.2, 0.25) is 10.0 Å². The van der Waals surface area contributed by atoms with E-state index >= 15 is 0 Å². The monoisotopic (exact) mass is 415 g/mol. The lowest BCUT2D eigenvalue weighted by Crippen LogP contribution is -2.12. The van der Waals surface area contributed by atoms with Gasteiger partial charge in [-0.25, -0.2) is 23.5 Å². The van der Waals surface area contributed by atoms with Gasteiger partial charge in [-0.15, -0.1) is 11.3 Å². The molecule has 0 atom stereocenters. The van der Waals surface area contributed by atoms with Gasteiger partial charge in [0.15, 0.2) is 11.5 Å². The second-order valence-electron chi connectivity index (χ2n) is 6.08. The fraction of sp³-hybridized carbons (Fsp3) is 0.111. The Kier molecular flexibility index (Phi) is 4.85. The molecule has 3 heterocycles. The van der Waals surface area contributed by atoms with Crippen molar-refractivity contribution < 1.29 is 13.5 Å². The summed E-state index contributed by atoms with van der Waals surface area (Å²) in [6.45, 7) is 0.466. The van der Waals surface area contributed by atoms with Crippen LogP contribution in [-0.2, 0) is 23.2 Å². The van der Waals surface area contributed by atoms with Crippen LogP contribution in [0.25, 0.3) is 16.2 Å². The number of nitrogens with two attached hydrogens (primary N) is 1. The third-order valence-corrected chi connectivity index (χ3v) is 6.23. The van der Waals surface area contributed by atoms with Crippen LogP contribution in [0.2, 0.25) is 0 Å². The number of aliphatic hydroxyl groups excluding tert-OH is 1. The number of benzene rings is 1. The number of hydrogen-bond donors (Lipinski definition) is 3. The molecule has 0 saturated carbocycles. The Balaban J connectivity index is 1.58. The third kappa shape index (κ3) is 3.62. The van der Waals surface area contributed by atoms with E-state index in [1.54, 1.807) is 24.5 Å². The first-order valence-electron chi connectivity index (χ1n) is 8.33. The Labute approximate surface area is 165 Å². The van der Waals surface area contributed by atoms with E-state index in [1.165, 1.54) is 23.5 Å². The number of aromatic nitrogens is 3. The molecule has 3 aromatic heterocycles. The van der Waals surface area contributed by atoms with Gasteiger partial charge in [0, 0.05) is 23.8 Å². The van der Waals surface area contributed by atoms with Crippen LogP contribution in [0.15, 0.2) is 59.9 Å². The predicted molar refractivity (Wildman–Crippen MR) is 107 cm³/mol. The van der Waals surface area contributed by atoms with Crippen molar-refractivity contribution in [3.8, 4) is 10.6 Å². The number of imidazole rings is 1. The highest BCUT2D eigenvalue weighted by Gasteiger charge is 2.12. The first kappa shape index (κ1) is 18.6. The second kappa shape index (κ2) is 7.32. The fourth-order valence-electron chi connectivity index (χ4n) is 2.81. The van der Waals surface area contributed by atoms with Gasteiger partial charge < -0.3 is 10.4 Å². The smallest absolute Gasteiger partial charge is 0.238 e. The first-order chi connectivity index (χ1) is 13.5. The number of fused-ring (bicyclic) bond motifs is 1. The van der Waals surface area contributed by atoms with Crippen molar-refractivity contribution in [3.05, 3.63) is 65.4 Å². The van der Waals surface area contributed by atoms with Crippen molar-refractivity contribution in [2.24, 2.45) is 5.14 Å². The highest BCUT2D eigenvalue weighted by molar-refractivity contribution is 7.89. The van der Waals surface area contributed by atoms with Gasteiger partial charge in [0.25, 0.3) is 0 Å². The van der Waals surface area contributed by atoms with Crippen molar-refractivity contribution in [1.82, 2.24) is 14.4 Å². The minimum atomic E-state index is -3.70. The number of primary sulfonamides is 1. The number of rotatable bonds is 6. The topological polar surface area (TPSA) is 123 Å². The molecule has 0 saturated heterocycles. The van der Waals surface area contributed by atoms with Crippen LogP contribution >= 0.6 is 11.3 Å². The molecule has 28 heavy (non-hydrogen) atoms. The van der Waals surface area contributed by atoms with Gasteiger partial charge in [-0.2, -0.15) is 0 Å². The minimum absolute atomic E-state index is 0.0139. The Morgan fingerprint density at radius 1 is 1.14 bits per heavy atom. The number of thiophene rings is 1. The minimum Gasteiger partial charge on any atom is -0.391 e. The fourth-order valence-corrected chi connectivity index (χ4v) is 4.20. The summed E-state index contributed by atoms with van der Waals surface area (Å²) < 4.78 is 24.6. The molecule has 8 nitrogen and oxygen atoms in total. The van der Waals surface area contributed by atoms with Crippen LogP contribution in [0.3, 0.4) is 0 Å². The number of aliphatic hydroxyl groups is 1. The number of anilines is 1. The summed E-state index contributed by atoms with van der Waals surface area (Å²) in [6, 6.07) is 10.2. The van der Waals surface area contributed by atoms with Crippen LogP contribution in [0.1, 0.15) is 10.4 Å². The molecule has 0 aliphatic rings. The molecule has 0 spiro atoms. The molecule has 4 rings (SSSR count). The normalized spacial score (nSPS) is 11.8. The van der Waals surface area contributed by atoms with Gasteiger partial charge >= 0.3 is 0 Å². The lowest BCUT2D eigenvalue weighted by molar-refractivity contribution is 0.285.